The van der Waals surface area contributed by atoms with Gasteiger partial charge in [-0.25, -0.2) is 4.79 Å². The Morgan fingerprint density at radius 3 is 2.56 bits per heavy atom. The first-order valence-electron chi connectivity index (χ1n) is 14.6. The van der Waals surface area contributed by atoms with Crippen molar-refractivity contribution in [1.29, 1.82) is 0 Å². The van der Waals surface area contributed by atoms with Crippen LogP contribution in [0.4, 0.5) is 18.9 Å². The Hall–Kier alpha value is -4.68. The molecule has 234 valence electrons. The summed E-state index contributed by atoms with van der Waals surface area (Å²) < 4.78 is 43.0. The van der Waals surface area contributed by atoms with Crippen molar-refractivity contribution in [2.75, 3.05) is 44.8 Å². The molecule has 2 fully saturated rings. The van der Waals surface area contributed by atoms with Gasteiger partial charge in [0.05, 0.1) is 29.8 Å². The number of carboxylic acids is 1. The van der Waals surface area contributed by atoms with Crippen LogP contribution in [0.15, 0.2) is 66.7 Å². The van der Waals surface area contributed by atoms with Gasteiger partial charge in [0.2, 0.25) is 5.91 Å². The number of para-hydroxylation sites is 1. The SMILES string of the molecule is O=C(O)C(F)(F)F.O=C1Nc2ccccc2[C@]12C[C@H]2c1ccc2c(C=Cc3ccc(OCCN4CCOCC4)cc3)n[nH]c2c1. The lowest BCUT2D eigenvalue weighted by Crippen LogP contribution is -2.38. The van der Waals surface area contributed by atoms with Crippen LogP contribution in [0.1, 0.15) is 34.7 Å². The maximum absolute atomic E-state index is 12.9. The molecule has 3 aliphatic rings. The standard InChI is InChI=1S/C31H30N4O3.C2HF3O2/c36-30-31(25-3-1-2-4-28(25)32-30)20-26(31)22-8-11-24-27(33-34-29(24)19-22)12-7-21-5-9-23(10-6-21)38-18-15-35-13-16-37-17-14-35;3-2(4,5)1(6)7/h1-12,19,26H,13-18,20H2,(H,32,36)(H,33,34);(H,6,7)/t26-,31-;/m0./s1. The molecule has 3 N–H and O–H groups in total. The van der Waals surface area contributed by atoms with Crippen LogP contribution in [-0.4, -0.2) is 77.7 Å². The lowest BCUT2D eigenvalue weighted by atomic mass is 9.92. The number of nitrogens with one attached hydrogen (secondary N) is 2. The third kappa shape index (κ3) is 6.43. The number of rotatable bonds is 7. The van der Waals surface area contributed by atoms with E-state index in [0.29, 0.717) is 6.61 Å². The van der Waals surface area contributed by atoms with Gasteiger partial charge in [-0.05, 0) is 53.5 Å². The molecule has 0 bridgehead atoms. The molecular formula is C33H31F3N4O5. The summed E-state index contributed by atoms with van der Waals surface area (Å²) >= 11 is 0. The first-order valence-corrected chi connectivity index (χ1v) is 14.6. The van der Waals surface area contributed by atoms with Crippen molar-refractivity contribution in [2.24, 2.45) is 0 Å². The summed E-state index contributed by atoms with van der Waals surface area (Å²) in [7, 11) is 0. The molecule has 3 heterocycles. The number of aromatic amines is 1. The van der Waals surface area contributed by atoms with E-state index in [1.165, 1.54) is 5.56 Å². The number of carboxylic acid groups (broad SMARTS) is 1. The number of hydrogen-bond donors (Lipinski definition) is 3. The molecule has 9 nitrogen and oxygen atoms in total. The summed E-state index contributed by atoms with van der Waals surface area (Å²) in [5.41, 5.74) is 5.79. The van der Waals surface area contributed by atoms with Crippen molar-refractivity contribution in [1.82, 2.24) is 15.1 Å². The number of carbonyl (C=O) groups excluding carboxylic acids is 1. The summed E-state index contributed by atoms with van der Waals surface area (Å²) in [4.78, 5) is 24.1. The molecule has 1 aromatic heterocycles. The minimum absolute atomic E-state index is 0.116. The van der Waals surface area contributed by atoms with Crippen molar-refractivity contribution in [2.45, 2.75) is 23.9 Å². The van der Waals surface area contributed by atoms with Crippen LogP contribution in [0, 0.1) is 0 Å². The molecule has 2 aliphatic heterocycles. The maximum atomic E-state index is 12.9. The summed E-state index contributed by atoms with van der Waals surface area (Å²) in [6.45, 7) is 5.16. The molecule has 7 rings (SSSR count). The van der Waals surface area contributed by atoms with Gasteiger partial charge < -0.3 is 19.9 Å². The molecule has 1 saturated heterocycles. The Kier molecular flexibility index (Phi) is 8.34. The molecule has 4 aromatic rings. The van der Waals surface area contributed by atoms with Gasteiger partial charge in [-0.15, -0.1) is 0 Å². The van der Waals surface area contributed by atoms with Gasteiger partial charge in [0.15, 0.2) is 0 Å². The first kappa shape index (κ1) is 30.4. The Balaban J connectivity index is 0.000000460. The Labute approximate surface area is 256 Å². The van der Waals surface area contributed by atoms with Crippen molar-refractivity contribution < 1.29 is 37.3 Å². The van der Waals surface area contributed by atoms with Gasteiger partial charge in [-0.2, -0.15) is 18.3 Å². The molecule has 2 atom stereocenters. The lowest BCUT2D eigenvalue weighted by Gasteiger charge is -2.26. The van der Waals surface area contributed by atoms with Crippen LogP contribution in [0.5, 0.6) is 5.75 Å². The number of hydrogen-bond acceptors (Lipinski definition) is 6. The average molecular weight is 621 g/mol. The Bertz CT molecular complexity index is 1730. The van der Waals surface area contributed by atoms with Crippen LogP contribution in [-0.2, 0) is 19.7 Å². The van der Waals surface area contributed by atoms with Gasteiger partial charge in [-0.3, -0.25) is 14.8 Å². The number of H-pyrrole nitrogens is 1. The van der Waals surface area contributed by atoms with Crippen molar-refractivity contribution in [3.05, 3.63) is 89.1 Å². The minimum Gasteiger partial charge on any atom is -0.492 e. The molecule has 1 aliphatic carbocycles. The van der Waals surface area contributed by atoms with Crippen LogP contribution in [0.2, 0.25) is 0 Å². The zero-order chi connectivity index (χ0) is 31.6. The summed E-state index contributed by atoms with van der Waals surface area (Å²) in [5.74, 6) is -1.57. The monoisotopic (exact) mass is 620 g/mol. The Morgan fingerprint density at radius 1 is 1.09 bits per heavy atom. The zero-order valence-electron chi connectivity index (χ0n) is 24.1. The van der Waals surface area contributed by atoms with E-state index in [-0.39, 0.29) is 11.8 Å². The second-order valence-electron chi connectivity index (χ2n) is 11.1. The second kappa shape index (κ2) is 12.4. The smallest absolute Gasteiger partial charge is 0.490 e. The lowest BCUT2D eigenvalue weighted by molar-refractivity contribution is -0.192. The van der Waals surface area contributed by atoms with Crippen LogP contribution >= 0.6 is 0 Å². The average Bonchev–Trinajstić information content (AvgIpc) is 3.57. The quantitative estimate of drug-likeness (QED) is 0.252. The molecule has 0 unspecified atom stereocenters. The number of nitrogens with zero attached hydrogens (tertiary/aromatic N) is 2. The number of alkyl halides is 3. The third-order valence-electron chi connectivity index (χ3n) is 8.38. The highest BCUT2D eigenvalue weighted by molar-refractivity contribution is 6.09. The summed E-state index contributed by atoms with van der Waals surface area (Å²) in [6, 6.07) is 22.6. The largest absolute Gasteiger partial charge is 0.492 e. The highest BCUT2D eigenvalue weighted by Crippen LogP contribution is 2.65. The number of anilines is 1. The number of amides is 1. The van der Waals surface area contributed by atoms with Crippen molar-refractivity contribution in [3.63, 3.8) is 0 Å². The van der Waals surface area contributed by atoms with Crippen LogP contribution < -0.4 is 10.1 Å². The number of benzene rings is 3. The molecule has 1 saturated carbocycles. The molecule has 12 heteroatoms. The molecule has 0 radical (unpaired) electrons. The summed E-state index contributed by atoms with van der Waals surface area (Å²) in [5, 5.41) is 19.0. The van der Waals surface area contributed by atoms with E-state index >= 15 is 0 Å². The number of carbonyl (C=O) groups is 2. The maximum Gasteiger partial charge on any atom is 0.490 e. The number of aromatic nitrogens is 2. The van der Waals surface area contributed by atoms with Crippen LogP contribution in [0.25, 0.3) is 23.1 Å². The van der Waals surface area contributed by atoms with Crippen molar-refractivity contribution in [3.8, 4) is 5.75 Å². The van der Waals surface area contributed by atoms with Crippen LogP contribution in [0.3, 0.4) is 0 Å². The molecular weight excluding hydrogens is 589 g/mol. The second-order valence-corrected chi connectivity index (χ2v) is 11.1. The van der Waals surface area contributed by atoms with E-state index in [1.54, 1.807) is 0 Å². The van der Waals surface area contributed by atoms with Gasteiger partial charge in [-0.1, -0.05) is 48.5 Å². The van der Waals surface area contributed by atoms with E-state index in [4.69, 9.17) is 19.4 Å². The normalized spacial score (nSPS) is 21.0. The third-order valence-corrected chi connectivity index (χ3v) is 8.38. The summed E-state index contributed by atoms with van der Waals surface area (Å²) in [6.07, 6.45) is -0.141. The molecule has 45 heavy (non-hydrogen) atoms. The molecule has 1 amide bonds. The van der Waals surface area contributed by atoms with Crippen molar-refractivity contribution >= 4 is 40.6 Å². The Morgan fingerprint density at radius 2 is 1.82 bits per heavy atom. The van der Waals surface area contributed by atoms with E-state index in [0.717, 1.165) is 78.4 Å². The number of aliphatic carboxylic acids is 1. The van der Waals surface area contributed by atoms with Gasteiger partial charge in [0.25, 0.3) is 0 Å². The zero-order valence-corrected chi connectivity index (χ0v) is 24.1. The van der Waals surface area contributed by atoms with E-state index < -0.39 is 17.6 Å². The predicted molar refractivity (Wildman–Crippen MR) is 162 cm³/mol. The van der Waals surface area contributed by atoms with E-state index in [2.05, 4.69) is 62.9 Å². The fourth-order valence-electron chi connectivity index (χ4n) is 5.92. The number of morpholine rings is 1. The van der Waals surface area contributed by atoms with Gasteiger partial charge in [0.1, 0.15) is 12.4 Å². The molecule has 3 aromatic carbocycles. The van der Waals surface area contributed by atoms with E-state index in [1.807, 2.05) is 36.4 Å². The molecule has 1 spiro atoms. The fraction of sp³-hybridized carbons (Fsp3) is 0.303. The number of fused-ring (bicyclic) bond motifs is 3. The number of halogens is 3. The first-order chi connectivity index (χ1) is 21.6. The minimum atomic E-state index is -5.08. The topological polar surface area (TPSA) is 117 Å². The highest BCUT2D eigenvalue weighted by atomic mass is 19.4. The predicted octanol–water partition coefficient (Wildman–Crippen LogP) is 5.46. The van der Waals surface area contributed by atoms with Gasteiger partial charge >= 0.3 is 12.1 Å². The highest BCUT2D eigenvalue weighted by Gasteiger charge is 2.65. The van der Waals surface area contributed by atoms with E-state index in [9.17, 15) is 18.0 Å². The van der Waals surface area contributed by atoms with Gasteiger partial charge in [0, 0.05) is 36.6 Å². The fourth-order valence-corrected chi connectivity index (χ4v) is 5.92. The number of ether oxygens (including phenoxy) is 2.